The summed E-state index contributed by atoms with van der Waals surface area (Å²) in [6, 6.07) is 0. The van der Waals surface area contributed by atoms with E-state index < -0.39 is 0 Å². The summed E-state index contributed by atoms with van der Waals surface area (Å²) in [4.78, 5) is 26.5. The summed E-state index contributed by atoms with van der Waals surface area (Å²) in [6.45, 7) is 3.92. The van der Waals surface area contributed by atoms with E-state index in [2.05, 4.69) is 14.9 Å². The van der Waals surface area contributed by atoms with Crippen LogP contribution in [0.5, 0.6) is 0 Å². The Morgan fingerprint density at radius 1 is 1.33 bits per heavy atom. The predicted octanol–water partition coefficient (Wildman–Crippen LogP) is -0.0161. The Balaban J connectivity index is 1.87. The number of rotatable bonds is 2. The van der Waals surface area contributed by atoms with Gasteiger partial charge in [0.2, 0.25) is 0 Å². The standard InChI is InChI=1S/C10H14N4O4/c1-2-17-10(16)14-5-3-13(4-6-14)9(15)8-7-11-18-12-8/h7H,2-6H2,1H3. The van der Waals surface area contributed by atoms with E-state index in [-0.39, 0.29) is 17.7 Å². The van der Waals surface area contributed by atoms with Gasteiger partial charge in [-0.1, -0.05) is 5.16 Å². The van der Waals surface area contributed by atoms with E-state index in [1.54, 1.807) is 16.7 Å². The van der Waals surface area contributed by atoms with Crippen molar-refractivity contribution in [1.29, 1.82) is 0 Å². The molecule has 0 bridgehead atoms. The number of carbonyl (C=O) groups excluding carboxylic acids is 2. The van der Waals surface area contributed by atoms with Crippen LogP contribution in [-0.4, -0.2) is 64.9 Å². The van der Waals surface area contributed by atoms with E-state index in [1.807, 2.05) is 0 Å². The van der Waals surface area contributed by atoms with Crippen molar-refractivity contribution < 1.29 is 19.0 Å². The molecule has 0 aromatic carbocycles. The molecule has 0 N–H and O–H groups in total. The number of carbonyl (C=O) groups is 2. The second-order valence-corrected chi connectivity index (χ2v) is 3.77. The Morgan fingerprint density at radius 3 is 2.56 bits per heavy atom. The summed E-state index contributed by atoms with van der Waals surface area (Å²) in [5.74, 6) is -0.236. The fourth-order valence-corrected chi connectivity index (χ4v) is 1.73. The molecular weight excluding hydrogens is 240 g/mol. The molecule has 2 amide bonds. The zero-order valence-corrected chi connectivity index (χ0v) is 10.0. The van der Waals surface area contributed by atoms with Crippen molar-refractivity contribution in [2.75, 3.05) is 32.8 Å². The van der Waals surface area contributed by atoms with Gasteiger partial charge in [-0.15, -0.1) is 0 Å². The second-order valence-electron chi connectivity index (χ2n) is 3.77. The third-order valence-corrected chi connectivity index (χ3v) is 2.67. The lowest BCUT2D eigenvalue weighted by molar-refractivity contribution is 0.0562. The fourth-order valence-electron chi connectivity index (χ4n) is 1.73. The number of piperazine rings is 1. The SMILES string of the molecule is CCOC(=O)N1CCN(C(=O)c2cnon2)CC1. The van der Waals surface area contributed by atoms with Gasteiger partial charge in [-0.05, 0) is 12.1 Å². The zero-order valence-electron chi connectivity index (χ0n) is 10.0. The van der Waals surface area contributed by atoms with E-state index >= 15 is 0 Å². The van der Waals surface area contributed by atoms with Crippen molar-refractivity contribution >= 4 is 12.0 Å². The molecule has 0 atom stereocenters. The minimum Gasteiger partial charge on any atom is -0.450 e. The van der Waals surface area contributed by atoms with Crippen LogP contribution in [0.2, 0.25) is 0 Å². The third-order valence-electron chi connectivity index (χ3n) is 2.67. The molecule has 18 heavy (non-hydrogen) atoms. The predicted molar refractivity (Wildman–Crippen MR) is 58.8 cm³/mol. The normalized spacial score (nSPS) is 15.6. The average molecular weight is 254 g/mol. The molecular formula is C10H14N4O4. The van der Waals surface area contributed by atoms with Gasteiger partial charge in [0, 0.05) is 26.2 Å². The van der Waals surface area contributed by atoms with E-state index in [0.29, 0.717) is 32.8 Å². The van der Waals surface area contributed by atoms with Crippen molar-refractivity contribution in [3.8, 4) is 0 Å². The minimum atomic E-state index is -0.340. The number of hydrogen-bond donors (Lipinski definition) is 0. The first-order valence-electron chi connectivity index (χ1n) is 5.71. The molecule has 0 spiro atoms. The number of ether oxygens (including phenoxy) is 1. The zero-order chi connectivity index (χ0) is 13.0. The summed E-state index contributed by atoms with van der Waals surface area (Å²) in [6.07, 6.45) is 0.938. The highest BCUT2D eigenvalue weighted by atomic mass is 16.6. The maximum Gasteiger partial charge on any atom is 0.409 e. The van der Waals surface area contributed by atoms with Gasteiger partial charge in [-0.25, -0.2) is 9.42 Å². The maximum atomic E-state index is 11.9. The lowest BCUT2D eigenvalue weighted by atomic mass is 10.3. The molecule has 98 valence electrons. The number of hydrogen-bond acceptors (Lipinski definition) is 6. The molecule has 0 radical (unpaired) electrons. The highest BCUT2D eigenvalue weighted by molar-refractivity contribution is 5.91. The molecule has 0 unspecified atom stereocenters. The second kappa shape index (κ2) is 5.48. The van der Waals surface area contributed by atoms with Crippen LogP contribution < -0.4 is 0 Å². The summed E-state index contributed by atoms with van der Waals surface area (Å²) >= 11 is 0. The molecule has 2 rings (SSSR count). The molecule has 1 aliphatic rings. The Hall–Kier alpha value is -2.12. The molecule has 1 aliphatic heterocycles. The number of aromatic nitrogens is 2. The van der Waals surface area contributed by atoms with Crippen LogP contribution in [0.4, 0.5) is 4.79 Å². The van der Waals surface area contributed by atoms with Crippen LogP contribution in [0.3, 0.4) is 0 Å². The smallest absolute Gasteiger partial charge is 0.409 e. The van der Waals surface area contributed by atoms with Crippen molar-refractivity contribution in [3.63, 3.8) is 0 Å². The van der Waals surface area contributed by atoms with Crippen LogP contribution in [0.1, 0.15) is 17.4 Å². The molecule has 1 aromatic rings. The Morgan fingerprint density at radius 2 is 2.00 bits per heavy atom. The van der Waals surface area contributed by atoms with Crippen LogP contribution in [0.15, 0.2) is 10.8 Å². The summed E-state index contributed by atoms with van der Waals surface area (Å²) in [5, 5.41) is 6.88. The van der Waals surface area contributed by atoms with E-state index in [9.17, 15) is 9.59 Å². The van der Waals surface area contributed by atoms with Gasteiger partial charge in [0.25, 0.3) is 5.91 Å². The van der Waals surface area contributed by atoms with Crippen molar-refractivity contribution in [2.45, 2.75) is 6.92 Å². The molecule has 8 heteroatoms. The first-order chi connectivity index (χ1) is 8.72. The van der Waals surface area contributed by atoms with Crippen LogP contribution in [0.25, 0.3) is 0 Å². The third kappa shape index (κ3) is 2.58. The monoisotopic (exact) mass is 254 g/mol. The molecule has 1 saturated heterocycles. The number of nitrogens with zero attached hydrogens (tertiary/aromatic N) is 4. The lowest BCUT2D eigenvalue weighted by Gasteiger charge is -2.33. The van der Waals surface area contributed by atoms with E-state index in [0.717, 1.165) is 0 Å². The van der Waals surface area contributed by atoms with Crippen LogP contribution in [0, 0.1) is 0 Å². The van der Waals surface area contributed by atoms with Gasteiger partial charge < -0.3 is 14.5 Å². The topological polar surface area (TPSA) is 88.8 Å². The van der Waals surface area contributed by atoms with E-state index in [1.165, 1.54) is 6.20 Å². The summed E-state index contributed by atoms with van der Waals surface area (Å²) in [7, 11) is 0. The summed E-state index contributed by atoms with van der Waals surface area (Å²) in [5.41, 5.74) is 0.180. The Kier molecular flexibility index (Phi) is 3.75. The fraction of sp³-hybridized carbons (Fsp3) is 0.600. The van der Waals surface area contributed by atoms with Crippen molar-refractivity contribution in [2.24, 2.45) is 0 Å². The van der Waals surface area contributed by atoms with Gasteiger partial charge in [0.15, 0.2) is 5.69 Å². The molecule has 8 nitrogen and oxygen atoms in total. The van der Waals surface area contributed by atoms with Gasteiger partial charge in [0.05, 0.1) is 6.61 Å². The molecule has 1 aromatic heterocycles. The molecule has 0 aliphatic carbocycles. The largest absolute Gasteiger partial charge is 0.450 e. The first kappa shape index (κ1) is 12.3. The Labute approximate surface area is 103 Å². The van der Waals surface area contributed by atoms with Crippen molar-refractivity contribution in [3.05, 3.63) is 11.9 Å². The van der Waals surface area contributed by atoms with Crippen LogP contribution >= 0.6 is 0 Å². The quantitative estimate of drug-likeness (QED) is 0.737. The average Bonchev–Trinajstić information content (AvgIpc) is 2.92. The lowest BCUT2D eigenvalue weighted by Crippen LogP contribution is -2.50. The maximum absolute atomic E-state index is 11.9. The number of amides is 2. The van der Waals surface area contributed by atoms with Gasteiger partial charge in [-0.3, -0.25) is 4.79 Å². The molecule has 2 heterocycles. The highest BCUT2D eigenvalue weighted by Crippen LogP contribution is 2.07. The molecule has 1 fully saturated rings. The van der Waals surface area contributed by atoms with Crippen molar-refractivity contribution in [1.82, 2.24) is 20.1 Å². The van der Waals surface area contributed by atoms with Crippen LogP contribution in [-0.2, 0) is 4.74 Å². The first-order valence-corrected chi connectivity index (χ1v) is 5.71. The van der Waals surface area contributed by atoms with Gasteiger partial charge in [-0.2, -0.15) is 0 Å². The van der Waals surface area contributed by atoms with Gasteiger partial charge in [0.1, 0.15) is 6.20 Å². The summed E-state index contributed by atoms with van der Waals surface area (Å²) < 4.78 is 9.28. The van der Waals surface area contributed by atoms with E-state index in [4.69, 9.17) is 4.74 Å². The highest BCUT2D eigenvalue weighted by Gasteiger charge is 2.26. The Bertz CT molecular complexity index is 412. The van der Waals surface area contributed by atoms with Gasteiger partial charge >= 0.3 is 6.09 Å². The molecule has 0 saturated carbocycles. The minimum absolute atomic E-state index is 0.180.